The quantitative estimate of drug-likeness (QED) is 0.0512. The summed E-state index contributed by atoms with van der Waals surface area (Å²) in [6, 6.07) is 83.8. The van der Waals surface area contributed by atoms with Crippen molar-refractivity contribution >= 4 is 69.8 Å². The SMILES string of the molecule is C=C1C(=O)C(=C(O)c2ccccc2)C(c2ccccc2)N1c1ccccn1.CC1=C(C(=O)c2ccc(C)cc2)C(c2ccc(C(C)(C)C)cc2)N(c2ccccn2)C1=O.CC1=C(C(=O)c2ccc(C)cc2)C(c2ccc(C(C)C)cc2)N(c2ccccn2)C1=O.CC1=C(C(=O)c2ccc(C)cc2)C(c2ccc(C(C)C)cc2)N(c2cccnc2)C1=O. The largest absolute Gasteiger partial charge is 0.507 e. The van der Waals surface area contributed by atoms with Crippen LogP contribution in [0.3, 0.4) is 0 Å². The molecule has 16 heteroatoms. The summed E-state index contributed by atoms with van der Waals surface area (Å²) in [4.78, 5) is 118. The van der Waals surface area contributed by atoms with Gasteiger partial charge in [-0.3, -0.25) is 53.2 Å². The van der Waals surface area contributed by atoms with Gasteiger partial charge < -0.3 is 10.0 Å². The van der Waals surface area contributed by atoms with Gasteiger partial charge in [-0.05, 0) is 146 Å². The number of ketones is 4. The van der Waals surface area contributed by atoms with Gasteiger partial charge in [0.05, 0.1) is 47.3 Å². The van der Waals surface area contributed by atoms with Crippen molar-refractivity contribution < 1.29 is 38.7 Å². The number of hydrogen-bond acceptors (Lipinski definition) is 13. The van der Waals surface area contributed by atoms with Crippen molar-refractivity contribution in [3.05, 3.63) is 433 Å². The fourth-order valence-corrected chi connectivity index (χ4v) is 15.6. The highest BCUT2D eigenvalue weighted by molar-refractivity contribution is 6.24. The molecule has 1 N–H and O–H groups in total. The summed E-state index contributed by atoms with van der Waals surface area (Å²) in [7, 11) is 0. The molecule has 4 aliphatic rings. The Balaban J connectivity index is 0.000000139. The molecule has 12 aromatic rings. The number of allylic oxidation sites excluding steroid dienone is 1. The van der Waals surface area contributed by atoms with E-state index in [0.29, 0.717) is 102 Å². The molecule has 121 heavy (non-hydrogen) atoms. The Bertz CT molecular complexity index is 5780. The van der Waals surface area contributed by atoms with Crippen molar-refractivity contribution in [2.75, 3.05) is 19.6 Å². The number of nitrogens with zero attached hydrogens (tertiary/aromatic N) is 8. The Hall–Kier alpha value is -14.3. The van der Waals surface area contributed by atoms with E-state index in [4.69, 9.17) is 0 Å². The number of aryl methyl sites for hydroxylation is 3. The highest BCUT2D eigenvalue weighted by Crippen LogP contribution is 2.48. The van der Waals surface area contributed by atoms with Gasteiger partial charge in [-0.2, -0.15) is 0 Å². The number of carbonyl (C=O) groups excluding carboxylic acids is 7. The van der Waals surface area contributed by atoms with Crippen LogP contribution in [0.15, 0.2) is 355 Å². The first kappa shape index (κ1) is 84.7. The van der Waals surface area contributed by atoms with Crippen LogP contribution in [0.5, 0.6) is 0 Å². The molecule has 0 radical (unpaired) electrons. The molecule has 4 atom stereocenters. The van der Waals surface area contributed by atoms with Gasteiger partial charge >= 0.3 is 0 Å². The van der Waals surface area contributed by atoms with Gasteiger partial charge in [0.15, 0.2) is 17.3 Å². The summed E-state index contributed by atoms with van der Waals surface area (Å²) >= 11 is 0. The number of Topliss-reactive ketones (excluding diaryl/α,β-unsaturated/α-hetero) is 4. The van der Waals surface area contributed by atoms with Crippen LogP contribution in [-0.4, -0.2) is 65.9 Å². The van der Waals surface area contributed by atoms with E-state index in [-0.39, 0.29) is 52.0 Å². The summed E-state index contributed by atoms with van der Waals surface area (Å²) in [5.74, 6) is 1.27. The molecule has 0 aliphatic carbocycles. The molecule has 3 amide bonds. The van der Waals surface area contributed by atoms with E-state index in [9.17, 15) is 38.7 Å². The number of aromatic nitrogens is 4. The van der Waals surface area contributed by atoms with E-state index in [1.54, 1.807) is 102 Å². The Kier molecular flexibility index (Phi) is 25.7. The van der Waals surface area contributed by atoms with E-state index >= 15 is 0 Å². The number of amides is 3. The van der Waals surface area contributed by atoms with E-state index in [2.05, 4.69) is 111 Å². The van der Waals surface area contributed by atoms with Crippen LogP contribution < -0.4 is 19.6 Å². The van der Waals surface area contributed by atoms with Gasteiger partial charge in [-0.1, -0.05) is 296 Å². The lowest BCUT2D eigenvalue weighted by Crippen LogP contribution is -2.31. The molecule has 8 aromatic carbocycles. The summed E-state index contributed by atoms with van der Waals surface area (Å²) < 4.78 is 0. The van der Waals surface area contributed by atoms with Crippen LogP contribution in [0.2, 0.25) is 0 Å². The molecule has 8 heterocycles. The third kappa shape index (κ3) is 18.0. The molecule has 1 saturated heterocycles. The van der Waals surface area contributed by atoms with Gasteiger partial charge in [0.1, 0.15) is 23.2 Å². The smallest absolute Gasteiger partial charge is 0.256 e. The second kappa shape index (κ2) is 36.7. The molecule has 4 aromatic heterocycles. The Morgan fingerprint density at radius 2 is 0.702 bits per heavy atom. The lowest BCUT2D eigenvalue weighted by Gasteiger charge is -2.27. The van der Waals surface area contributed by atoms with Crippen LogP contribution in [0.4, 0.5) is 23.1 Å². The van der Waals surface area contributed by atoms with Crippen molar-refractivity contribution in [2.45, 2.75) is 131 Å². The minimum absolute atomic E-state index is 0.0109. The number of aliphatic hydroxyl groups is 1. The van der Waals surface area contributed by atoms with E-state index in [1.807, 2.05) is 227 Å². The molecular formula is C105H98N8O8. The third-order valence-corrected chi connectivity index (χ3v) is 22.4. The number of rotatable bonds is 17. The van der Waals surface area contributed by atoms with Crippen molar-refractivity contribution in [3.8, 4) is 0 Å². The summed E-state index contributed by atoms with van der Waals surface area (Å²) in [5, 5.41) is 11.0. The molecule has 0 bridgehead atoms. The number of aliphatic hydroxyl groups excluding tert-OH is 1. The van der Waals surface area contributed by atoms with Gasteiger partial charge in [0, 0.05) is 80.5 Å². The first-order valence-electron chi connectivity index (χ1n) is 40.6. The topological polar surface area (TPSA) is 204 Å². The van der Waals surface area contributed by atoms with Gasteiger partial charge in [0.25, 0.3) is 17.7 Å². The first-order chi connectivity index (χ1) is 58.1. The normalized spacial score (nSPS) is 16.9. The number of pyridine rings is 4. The maximum atomic E-state index is 13.6. The predicted octanol–water partition coefficient (Wildman–Crippen LogP) is 22.3. The summed E-state index contributed by atoms with van der Waals surface area (Å²) in [6.45, 7) is 30.2. The van der Waals surface area contributed by atoms with Crippen LogP contribution in [-0.2, 0) is 24.6 Å². The molecule has 0 spiro atoms. The van der Waals surface area contributed by atoms with E-state index in [1.165, 1.54) is 16.7 Å². The lowest BCUT2D eigenvalue weighted by atomic mass is 9.85. The zero-order valence-corrected chi connectivity index (χ0v) is 70.4. The summed E-state index contributed by atoms with van der Waals surface area (Å²) in [5.41, 5.74) is 17.0. The molecular weight excluding hydrogens is 1500 g/mol. The Morgan fingerprint density at radius 1 is 0.364 bits per heavy atom. The zero-order valence-electron chi connectivity index (χ0n) is 70.4. The maximum absolute atomic E-state index is 13.6. The Morgan fingerprint density at radius 3 is 1.05 bits per heavy atom. The van der Waals surface area contributed by atoms with Crippen LogP contribution in [0, 0.1) is 20.8 Å². The molecule has 1 fully saturated rings. The Labute approximate surface area is 708 Å². The molecule has 16 rings (SSSR count). The molecule has 606 valence electrons. The molecule has 4 unspecified atom stereocenters. The lowest BCUT2D eigenvalue weighted by molar-refractivity contribution is -0.115. The van der Waals surface area contributed by atoms with Crippen molar-refractivity contribution in [1.29, 1.82) is 0 Å². The van der Waals surface area contributed by atoms with Crippen molar-refractivity contribution in [2.24, 2.45) is 0 Å². The molecule has 4 aliphatic heterocycles. The second-order valence-electron chi connectivity index (χ2n) is 32.3. The fraction of sp³-hybridized carbons (Fsp3) is 0.190. The van der Waals surface area contributed by atoms with E-state index in [0.717, 1.165) is 38.9 Å². The van der Waals surface area contributed by atoms with Crippen molar-refractivity contribution in [1.82, 2.24) is 19.9 Å². The standard InChI is InChI=1S/C28H28N2O2.2C27H26N2O2.C23H18N2O2/c1-18-9-11-21(12-10-18)26(31)24-19(2)27(32)30(23-8-6-7-17-29-23)25(24)20-13-15-22(16-14-20)28(3,4)5;1-17(2)20-11-13-21(14-12-20)25-24(26(30)22-9-7-18(3)8-10-22)19(4)27(31)29(25)23-6-5-15-28-16-23;1-17(2)20-12-14-21(15-13-20)25-24(26(30)22-10-8-18(3)9-11-22)19(4)27(31)29(25)23-7-5-6-16-28-23;1-16-22(26)20(23(27)18-12-6-3-7-13-18)21(17-10-4-2-5-11-17)25(16)19-14-8-9-15-24-19/h6-17,25H,1-5H3;2*5-17,25H,1-4H3;2-15,21,27H,1H2. The molecule has 16 nitrogen and oxygen atoms in total. The van der Waals surface area contributed by atoms with E-state index < -0.39 is 24.2 Å². The van der Waals surface area contributed by atoms with Crippen LogP contribution in [0.25, 0.3) is 5.76 Å². The monoisotopic (exact) mass is 1600 g/mol. The second-order valence-corrected chi connectivity index (χ2v) is 32.3. The first-order valence-corrected chi connectivity index (χ1v) is 40.6. The predicted molar refractivity (Wildman–Crippen MR) is 480 cm³/mol. The van der Waals surface area contributed by atoms with Crippen molar-refractivity contribution in [3.63, 3.8) is 0 Å². The van der Waals surface area contributed by atoms with Gasteiger partial charge in [-0.25, -0.2) is 15.0 Å². The number of anilines is 4. The zero-order chi connectivity index (χ0) is 86.1. The average Bonchev–Trinajstić information content (AvgIpc) is 1.62. The maximum Gasteiger partial charge on any atom is 0.256 e. The summed E-state index contributed by atoms with van der Waals surface area (Å²) in [6.07, 6.45) is 8.34. The average molecular weight is 1600 g/mol. The highest BCUT2D eigenvalue weighted by atomic mass is 16.3. The number of hydrogen-bond donors (Lipinski definition) is 1. The number of carbonyl (C=O) groups is 7. The minimum atomic E-state index is -0.528. The molecule has 0 saturated carbocycles. The highest BCUT2D eigenvalue weighted by Gasteiger charge is 2.47. The van der Waals surface area contributed by atoms with Crippen LogP contribution >= 0.6 is 0 Å². The third-order valence-electron chi connectivity index (χ3n) is 22.4. The van der Waals surface area contributed by atoms with Gasteiger partial charge in [0.2, 0.25) is 5.78 Å². The van der Waals surface area contributed by atoms with Crippen LogP contribution in [0.1, 0.15) is 198 Å². The van der Waals surface area contributed by atoms with Gasteiger partial charge in [-0.15, -0.1) is 0 Å². The fourth-order valence-electron chi connectivity index (χ4n) is 15.6. The number of benzene rings is 8. The minimum Gasteiger partial charge on any atom is -0.507 e.